The minimum Gasteiger partial charge on any atom is -0.496 e. The zero-order valence-electron chi connectivity index (χ0n) is 13.4. The summed E-state index contributed by atoms with van der Waals surface area (Å²) in [5.41, 5.74) is 3.27. The Morgan fingerprint density at radius 3 is 2.45 bits per heavy atom. The molecule has 1 N–H and O–H groups in total. The zero-order chi connectivity index (χ0) is 15.9. The number of carbonyl (C=O) groups is 1. The molecule has 0 aromatic heterocycles. The molecule has 0 fully saturated rings. The predicted molar refractivity (Wildman–Crippen MR) is 89.1 cm³/mol. The molecule has 0 saturated heterocycles. The van der Waals surface area contributed by atoms with Gasteiger partial charge in [0, 0.05) is 5.56 Å². The van der Waals surface area contributed by atoms with Crippen molar-refractivity contribution in [2.24, 2.45) is 0 Å². The Kier molecular flexibility index (Phi) is 5.59. The molecular weight excluding hydrogens is 274 g/mol. The largest absolute Gasteiger partial charge is 0.496 e. The second-order valence-electron chi connectivity index (χ2n) is 5.43. The van der Waals surface area contributed by atoms with Crippen LogP contribution in [0.3, 0.4) is 0 Å². The van der Waals surface area contributed by atoms with E-state index in [0.717, 1.165) is 23.3 Å². The second kappa shape index (κ2) is 7.64. The predicted octanol–water partition coefficient (Wildman–Crippen LogP) is 3.81. The van der Waals surface area contributed by atoms with Gasteiger partial charge in [0.05, 0.1) is 19.6 Å². The van der Waals surface area contributed by atoms with Crippen LogP contribution in [0.5, 0.6) is 5.75 Å². The van der Waals surface area contributed by atoms with Gasteiger partial charge in [-0.2, -0.15) is 0 Å². The lowest BCUT2D eigenvalue weighted by Crippen LogP contribution is -2.29. The van der Waals surface area contributed by atoms with Crippen LogP contribution < -0.4 is 10.1 Å². The molecule has 0 aliphatic carbocycles. The monoisotopic (exact) mass is 297 g/mol. The molecule has 1 atom stereocenters. The molecule has 0 radical (unpaired) electrons. The average molecular weight is 297 g/mol. The van der Waals surface area contributed by atoms with Crippen LogP contribution in [0.2, 0.25) is 0 Å². The van der Waals surface area contributed by atoms with Gasteiger partial charge in [0.25, 0.3) is 0 Å². The van der Waals surface area contributed by atoms with E-state index < -0.39 is 0 Å². The molecule has 2 rings (SSSR count). The summed E-state index contributed by atoms with van der Waals surface area (Å²) in [4.78, 5) is 12.3. The van der Waals surface area contributed by atoms with Gasteiger partial charge in [0.1, 0.15) is 5.75 Å². The Morgan fingerprint density at radius 2 is 1.82 bits per heavy atom. The first-order chi connectivity index (χ1) is 10.6. The maximum atomic E-state index is 12.3. The van der Waals surface area contributed by atoms with Gasteiger partial charge in [-0.1, -0.05) is 55.0 Å². The molecule has 1 unspecified atom stereocenters. The number of ether oxygens (including phenoxy) is 1. The molecular formula is C19H23NO2. The number of benzene rings is 2. The standard InChI is InChI=1S/C19H23NO2/c1-4-17(15-11-9-14(2)10-12-15)20-19(21)13-16-7-5-6-8-18(16)22-3/h5-12,17H,4,13H2,1-3H3,(H,20,21). The fraction of sp³-hybridized carbons (Fsp3) is 0.316. The van der Waals surface area contributed by atoms with Gasteiger partial charge in [-0.05, 0) is 25.0 Å². The summed E-state index contributed by atoms with van der Waals surface area (Å²) >= 11 is 0. The number of amides is 1. The SMILES string of the molecule is CCC(NC(=O)Cc1ccccc1OC)c1ccc(C)cc1. The summed E-state index contributed by atoms with van der Waals surface area (Å²) in [6.07, 6.45) is 1.19. The average Bonchev–Trinajstić information content (AvgIpc) is 2.54. The quantitative estimate of drug-likeness (QED) is 0.880. The van der Waals surface area contributed by atoms with Gasteiger partial charge in [0.2, 0.25) is 5.91 Å². The van der Waals surface area contributed by atoms with Gasteiger partial charge in [0.15, 0.2) is 0 Å². The van der Waals surface area contributed by atoms with E-state index in [1.807, 2.05) is 24.3 Å². The van der Waals surface area contributed by atoms with Crippen LogP contribution in [-0.2, 0) is 11.2 Å². The Morgan fingerprint density at radius 1 is 1.14 bits per heavy atom. The molecule has 2 aromatic carbocycles. The zero-order valence-corrected chi connectivity index (χ0v) is 13.4. The minimum absolute atomic E-state index is 0.0110. The van der Waals surface area contributed by atoms with Gasteiger partial charge in [-0.15, -0.1) is 0 Å². The summed E-state index contributed by atoms with van der Waals surface area (Å²) < 4.78 is 5.30. The van der Waals surface area contributed by atoms with E-state index in [9.17, 15) is 4.79 Å². The molecule has 3 nitrogen and oxygen atoms in total. The van der Waals surface area contributed by atoms with Crippen LogP contribution in [0, 0.1) is 6.92 Å². The van der Waals surface area contributed by atoms with E-state index in [4.69, 9.17) is 4.74 Å². The summed E-state index contributed by atoms with van der Waals surface area (Å²) in [6.45, 7) is 4.14. The van der Waals surface area contributed by atoms with Crippen LogP contribution in [0.15, 0.2) is 48.5 Å². The van der Waals surface area contributed by atoms with Gasteiger partial charge in [-0.3, -0.25) is 4.79 Å². The van der Waals surface area contributed by atoms with Gasteiger partial charge in [-0.25, -0.2) is 0 Å². The third kappa shape index (κ3) is 4.10. The maximum absolute atomic E-state index is 12.3. The highest BCUT2D eigenvalue weighted by Gasteiger charge is 2.14. The Labute approximate surface area is 132 Å². The minimum atomic E-state index is 0.0110. The Balaban J connectivity index is 2.05. The van der Waals surface area contributed by atoms with Crippen molar-refractivity contribution in [3.8, 4) is 5.75 Å². The molecule has 0 spiro atoms. The van der Waals surface area contributed by atoms with Gasteiger partial charge < -0.3 is 10.1 Å². The second-order valence-corrected chi connectivity index (χ2v) is 5.43. The van der Waals surface area contributed by atoms with E-state index >= 15 is 0 Å². The number of nitrogens with one attached hydrogen (secondary N) is 1. The van der Waals surface area contributed by atoms with Crippen molar-refractivity contribution in [1.29, 1.82) is 0 Å². The number of carbonyl (C=O) groups excluding carboxylic acids is 1. The van der Waals surface area contributed by atoms with Crippen molar-refractivity contribution < 1.29 is 9.53 Å². The molecule has 0 bridgehead atoms. The molecule has 3 heteroatoms. The van der Waals surface area contributed by atoms with Crippen LogP contribution in [0.4, 0.5) is 0 Å². The normalized spacial score (nSPS) is 11.8. The maximum Gasteiger partial charge on any atom is 0.225 e. The summed E-state index contributed by atoms with van der Waals surface area (Å²) in [6, 6.07) is 16.0. The highest BCUT2D eigenvalue weighted by molar-refractivity contribution is 5.79. The Hall–Kier alpha value is -2.29. The third-order valence-corrected chi connectivity index (χ3v) is 3.77. The van der Waals surface area contributed by atoms with Crippen molar-refractivity contribution in [2.75, 3.05) is 7.11 Å². The molecule has 22 heavy (non-hydrogen) atoms. The molecule has 0 aliphatic heterocycles. The lowest BCUT2D eigenvalue weighted by molar-refractivity contribution is -0.121. The molecule has 0 aliphatic rings. The van der Waals surface area contributed by atoms with Crippen LogP contribution in [0.25, 0.3) is 0 Å². The van der Waals surface area contributed by atoms with Crippen molar-refractivity contribution in [3.05, 3.63) is 65.2 Å². The van der Waals surface area contributed by atoms with Crippen LogP contribution >= 0.6 is 0 Å². The molecule has 2 aromatic rings. The van der Waals surface area contributed by atoms with Gasteiger partial charge >= 0.3 is 0 Å². The number of hydrogen-bond donors (Lipinski definition) is 1. The van der Waals surface area contributed by atoms with Crippen molar-refractivity contribution >= 4 is 5.91 Å². The first-order valence-electron chi connectivity index (χ1n) is 7.62. The smallest absolute Gasteiger partial charge is 0.225 e. The van der Waals surface area contributed by atoms with E-state index in [1.54, 1.807) is 7.11 Å². The van der Waals surface area contributed by atoms with Crippen molar-refractivity contribution in [3.63, 3.8) is 0 Å². The van der Waals surface area contributed by atoms with E-state index in [2.05, 4.69) is 43.4 Å². The fourth-order valence-corrected chi connectivity index (χ4v) is 2.49. The first-order valence-corrected chi connectivity index (χ1v) is 7.62. The lowest BCUT2D eigenvalue weighted by Gasteiger charge is -2.18. The van der Waals surface area contributed by atoms with Crippen LogP contribution in [-0.4, -0.2) is 13.0 Å². The summed E-state index contributed by atoms with van der Waals surface area (Å²) in [7, 11) is 1.62. The number of hydrogen-bond acceptors (Lipinski definition) is 2. The topological polar surface area (TPSA) is 38.3 Å². The summed E-state index contributed by atoms with van der Waals surface area (Å²) in [5, 5.41) is 3.11. The van der Waals surface area contributed by atoms with Crippen LogP contribution in [0.1, 0.15) is 36.1 Å². The number of methoxy groups -OCH3 is 1. The number of rotatable bonds is 6. The summed E-state index contributed by atoms with van der Waals surface area (Å²) in [5.74, 6) is 0.762. The molecule has 116 valence electrons. The highest BCUT2D eigenvalue weighted by atomic mass is 16.5. The Bertz CT molecular complexity index is 620. The first kappa shape index (κ1) is 16.1. The third-order valence-electron chi connectivity index (χ3n) is 3.77. The molecule has 0 heterocycles. The molecule has 0 saturated carbocycles. The van der Waals surface area contributed by atoms with E-state index in [-0.39, 0.29) is 11.9 Å². The lowest BCUT2D eigenvalue weighted by atomic mass is 10.0. The number of para-hydroxylation sites is 1. The van der Waals surface area contributed by atoms with Crippen molar-refractivity contribution in [1.82, 2.24) is 5.32 Å². The highest BCUT2D eigenvalue weighted by Crippen LogP contribution is 2.20. The van der Waals surface area contributed by atoms with E-state index in [1.165, 1.54) is 5.56 Å². The molecule has 1 amide bonds. The van der Waals surface area contributed by atoms with Crippen molar-refractivity contribution in [2.45, 2.75) is 32.7 Å². The van der Waals surface area contributed by atoms with E-state index in [0.29, 0.717) is 6.42 Å². The fourth-order valence-electron chi connectivity index (χ4n) is 2.49. The number of aryl methyl sites for hydroxylation is 1.